The molecule has 0 unspecified atom stereocenters. The van der Waals surface area contributed by atoms with Crippen LogP contribution >= 0.6 is 0 Å². The van der Waals surface area contributed by atoms with E-state index in [1.165, 1.54) is 19.3 Å². The van der Waals surface area contributed by atoms with Gasteiger partial charge in [-0.2, -0.15) is 0 Å². The molecule has 2 rings (SSSR count). The second kappa shape index (κ2) is 8.44. The summed E-state index contributed by atoms with van der Waals surface area (Å²) in [6.07, 6.45) is 4.03. The molecule has 78 valence electrons. The molecule has 4 nitrogen and oxygen atoms in total. The predicted molar refractivity (Wildman–Crippen MR) is 55.6 cm³/mol. The molecule has 0 aliphatic carbocycles. The van der Waals surface area contributed by atoms with Gasteiger partial charge in [-0.25, -0.2) is 0 Å². The number of piperazine rings is 1. The van der Waals surface area contributed by atoms with Crippen molar-refractivity contribution < 1.29 is 0 Å². The molecule has 2 aliphatic heterocycles. The van der Waals surface area contributed by atoms with Crippen molar-refractivity contribution in [1.82, 2.24) is 21.5 Å². The third-order valence-corrected chi connectivity index (χ3v) is 2.19. The van der Waals surface area contributed by atoms with Crippen molar-refractivity contribution in [2.45, 2.75) is 19.3 Å². The lowest BCUT2D eigenvalue weighted by atomic mass is 10.2. The normalized spacial score (nSPS) is 24.0. The van der Waals surface area contributed by atoms with Gasteiger partial charge in [-0.1, -0.05) is 6.42 Å². The van der Waals surface area contributed by atoms with Crippen molar-refractivity contribution >= 4 is 0 Å². The van der Waals surface area contributed by atoms with Crippen LogP contribution in [0.5, 0.6) is 0 Å². The third kappa shape index (κ3) is 6.95. The first-order chi connectivity index (χ1) is 6.50. The molecule has 0 amide bonds. The number of hydrazine groups is 1. The van der Waals surface area contributed by atoms with Gasteiger partial charge in [0, 0.05) is 39.3 Å². The molecule has 13 heavy (non-hydrogen) atoms. The van der Waals surface area contributed by atoms with Crippen molar-refractivity contribution in [1.29, 1.82) is 0 Å². The first-order valence-corrected chi connectivity index (χ1v) is 5.37. The van der Waals surface area contributed by atoms with Gasteiger partial charge in [0.05, 0.1) is 0 Å². The molecular formula is C9H22N4. The summed E-state index contributed by atoms with van der Waals surface area (Å²) in [5.41, 5.74) is 6.19. The van der Waals surface area contributed by atoms with Crippen LogP contribution in [0, 0.1) is 0 Å². The van der Waals surface area contributed by atoms with Crippen LogP contribution in [-0.4, -0.2) is 39.3 Å². The lowest BCUT2D eigenvalue weighted by Gasteiger charge is -2.11. The number of hydrogen-bond donors (Lipinski definition) is 4. The van der Waals surface area contributed by atoms with E-state index in [0.717, 1.165) is 39.3 Å². The van der Waals surface area contributed by atoms with Gasteiger partial charge < -0.3 is 10.6 Å². The standard InChI is InChI=1S/C5H12N2.C4H10N2/c1-2-4-6-7-5-3-1;1-2-6-4-3-5-1/h6-7H,1-5H2;5-6H,1-4H2. The fourth-order valence-electron chi connectivity index (χ4n) is 1.38. The van der Waals surface area contributed by atoms with Gasteiger partial charge in [0.15, 0.2) is 0 Å². The Morgan fingerprint density at radius 3 is 1.31 bits per heavy atom. The third-order valence-electron chi connectivity index (χ3n) is 2.19. The van der Waals surface area contributed by atoms with Gasteiger partial charge in [0.25, 0.3) is 0 Å². The average Bonchev–Trinajstić information content (AvgIpc) is 2.53. The molecule has 2 aliphatic rings. The molecule has 2 saturated heterocycles. The molecule has 0 saturated carbocycles. The Balaban J connectivity index is 0.000000132. The van der Waals surface area contributed by atoms with Crippen molar-refractivity contribution in [2.75, 3.05) is 39.3 Å². The summed E-state index contributed by atoms with van der Waals surface area (Å²) in [6, 6.07) is 0. The quantitative estimate of drug-likeness (QED) is 0.410. The molecule has 0 bridgehead atoms. The van der Waals surface area contributed by atoms with Crippen LogP contribution in [0.1, 0.15) is 19.3 Å². The van der Waals surface area contributed by atoms with E-state index >= 15 is 0 Å². The van der Waals surface area contributed by atoms with Crippen LogP contribution in [0.3, 0.4) is 0 Å². The average molecular weight is 186 g/mol. The van der Waals surface area contributed by atoms with E-state index in [9.17, 15) is 0 Å². The Kier molecular flexibility index (Phi) is 7.09. The summed E-state index contributed by atoms with van der Waals surface area (Å²) in [4.78, 5) is 0. The molecule has 0 atom stereocenters. The first kappa shape index (κ1) is 10.9. The monoisotopic (exact) mass is 186 g/mol. The molecule has 0 aromatic rings. The summed E-state index contributed by atoms with van der Waals surface area (Å²) in [6.45, 7) is 6.83. The minimum Gasteiger partial charge on any atom is -0.314 e. The lowest BCUT2D eigenvalue weighted by molar-refractivity contribution is 0.534. The predicted octanol–water partition coefficient (Wildman–Crippen LogP) is -0.556. The molecule has 0 spiro atoms. The number of rotatable bonds is 0. The maximum atomic E-state index is 3.22. The van der Waals surface area contributed by atoms with Crippen molar-refractivity contribution in [2.24, 2.45) is 0 Å². The van der Waals surface area contributed by atoms with Crippen LogP contribution in [0.25, 0.3) is 0 Å². The second-order valence-electron chi connectivity index (χ2n) is 3.41. The molecule has 0 aromatic carbocycles. The summed E-state index contributed by atoms with van der Waals surface area (Å²) in [5, 5.41) is 6.44. The molecule has 4 N–H and O–H groups in total. The van der Waals surface area contributed by atoms with Crippen molar-refractivity contribution in [3.8, 4) is 0 Å². The number of hydrogen-bond acceptors (Lipinski definition) is 4. The SMILES string of the molecule is C1CCNNCC1.C1CNCCN1. The van der Waals surface area contributed by atoms with Gasteiger partial charge in [0.2, 0.25) is 0 Å². The van der Waals surface area contributed by atoms with Gasteiger partial charge in [-0.05, 0) is 12.8 Å². The highest BCUT2D eigenvalue weighted by molar-refractivity contribution is 4.59. The highest BCUT2D eigenvalue weighted by Gasteiger charge is 1.93. The lowest BCUT2D eigenvalue weighted by Crippen LogP contribution is -2.39. The van der Waals surface area contributed by atoms with Gasteiger partial charge >= 0.3 is 0 Å². The summed E-state index contributed by atoms with van der Waals surface area (Å²) in [7, 11) is 0. The smallest absolute Gasteiger partial charge is 0.00997 e. The minimum atomic E-state index is 1.14. The Morgan fingerprint density at radius 2 is 0.923 bits per heavy atom. The molecular weight excluding hydrogens is 164 g/mol. The zero-order valence-electron chi connectivity index (χ0n) is 8.36. The zero-order valence-corrected chi connectivity index (χ0v) is 8.36. The van der Waals surface area contributed by atoms with E-state index in [1.807, 2.05) is 0 Å². The van der Waals surface area contributed by atoms with Crippen molar-refractivity contribution in [3.63, 3.8) is 0 Å². The Labute approximate surface area is 80.8 Å². The van der Waals surface area contributed by atoms with Crippen LogP contribution < -0.4 is 21.5 Å². The molecule has 0 radical (unpaired) electrons. The molecule has 2 heterocycles. The van der Waals surface area contributed by atoms with E-state index < -0.39 is 0 Å². The molecule has 4 heteroatoms. The summed E-state index contributed by atoms with van der Waals surface area (Å²) >= 11 is 0. The topological polar surface area (TPSA) is 48.1 Å². The second-order valence-corrected chi connectivity index (χ2v) is 3.41. The van der Waals surface area contributed by atoms with E-state index in [-0.39, 0.29) is 0 Å². The van der Waals surface area contributed by atoms with Crippen LogP contribution in [0.15, 0.2) is 0 Å². The van der Waals surface area contributed by atoms with E-state index in [1.54, 1.807) is 0 Å². The summed E-state index contributed by atoms with van der Waals surface area (Å²) in [5.74, 6) is 0. The van der Waals surface area contributed by atoms with Crippen molar-refractivity contribution in [3.05, 3.63) is 0 Å². The van der Waals surface area contributed by atoms with Gasteiger partial charge in [-0.15, -0.1) is 0 Å². The van der Waals surface area contributed by atoms with E-state index in [4.69, 9.17) is 0 Å². The Hall–Kier alpha value is -0.160. The Bertz CT molecular complexity index is 72.6. The molecule has 0 aromatic heterocycles. The fraction of sp³-hybridized carbons (Fsp3) is 1.00. The van der Waals surface area contributed by atoms with E-state index in [2.05, 4.69) is 21.5 Å². The molecule has 2 fully saturated rings. The van der Waals surface area contributed by atoms with Gasteiger partial charge in [-0.3, -0.25) is 10.9 Å². The fourth-order valence-corrected chi connectivity index (χ4v) is 1.38. The van der Waals surface area contributed by atoms with Crippen LogP contribution in [0.2, 0.25) is 0 Å². The van der Waals surface area contributed by atoms with E-state index in [0.29, 0.717) is 0 Å². The minimum absolute atomic E-state index is 1.14. The zero-order chi connectivity index (χ0) is 9.19. The first-order valence-electron chi connectivity index (χ1n) is 5.37. The highest BCUT2D eigenvalue weighted by atomic mass is 15.3. The Morgan fingerprint density at radius 1 is 0.462 bits per heavy atom. The van der Waals surface area contributed by atoms with Crippen LogP contribution in [0.4, 0.5) is 0 Å². The van der Waals surface area contributed by atoms with Crippen LogP contribution in [-0.2, 0) is 0 Å². The van der Waals surface area contributed by atoms with Gasteiger partial charge in [0.1, 0.15) is 0 Å². The largest absolute Gasteiger partial charge is 0.314 e. The highest BCUT2D eigenvalue weighted by Crippen LogP contribution is 1.93. The summed E-state index contributed by atoms with van der Waals surface area (Å²) < 4.78 is 0. The maximum absolute atomic E-state index is 3.22. The number of nitrogens with one attached hydrogen (secondary N) is 4. The maximum Gasteiger partial charge on any atom is 0.00997 e.